The monoisotopic (exact) mass is 344 g/mol. The Morgan fingerprint density at radius 3 is 2.60 bits per heavy atom. The van der Waals surface area contributed by atoms with Crippen LogP contribution < -0.4 is 0 Å². The smallest absolute Gasteiger partial charge is 0.334 e. The van der Waals surface area contributed by atoms with E-state index in [9.17, 15) is 14.4 Å². The van der Waals surface area contributed by atoms with Gasteiger partial charge in [0.1, 0.15) is 18.3 Å². The first-order chi connectivity index (χ1) is 11.8. The number of carbonyl (C=O) groups is 3. The van der Waals surface area contributed by atoms with Crippen molar-refractivity contribution in [2.24, 2.45) is 5.92 Å². The van der Waals surface area contributed by atoms with E-state index in [0.29, 0.717) is 12.0 Å². The molecule has 132 valence electrons. The summed E-state index contributed by atoms with van der Waals surface area (Å²) in [6, 6.07) is 0. The first-order valence-electron chi connectivity index (χ1n) is 8.11. The molecule has 3 rings (SSSR count). The van der Waals surface area contributed by atoms with E-state index in [2.05, 4.69) is 13.2 Å². The molecule has 6 heteroatoms. The van der Waals surface area contributed by atoms with Gasteiger partial charge in [-0.05, 0) is 26.0 Å². The van der Waals surface area contributed by atoms with Crippen LogP contribution in [0, 0.1) is 5.92 Å². The first kappa shape index (κ1) is 17.2. The fourth-order valence-corrected chi connectivity index (χ4v) is 3.33. The summed E-state index contributed by atoms with van der Waals surface area (Å²) < 4.78 is 16.3. The van der Waals surface area contributed by atoms with Crippen LogP contribution >= 0.6 is 0 Å². The molecule has 2 aliphatic heterocycles. The predicted octanol–water partition coefficient (Wildman–Crippen LogP) is 2.16. The second-order valence-corrected chi connectivity index (χ2v) is 6.70. The topological polar surface area (TPSA) is 78.9 Å². The van der Waals surface area contributed by atoms with Crippen molar-refractivity contribution in [3.8, 4) is 0 Å². The largest absolute Gasteiger partial charge is 0.458 e. The van der Waals surface area contributed by atoms with E-state index < -0.39 is 36.0 Å². The molecule has 0 aromatic carbocycles. The van der Waals surface area contributed by atoms with Crippen molar-refractivity contribution in [2.45, 2.75) is 45.0 Å². The molecule has 0 N–H and O–H groups in total. The van der Waals surface area contributed by atoms with Crippen molar-refractivity contribution in [1.82, 2.24) is 0 Å². The Balaban J connectivity index is 2.01. The van der Waals surface area contributed by atoms with Gasteiger partial charge >= 0.3 is 17.9 Å². The average molecular weight is 344 g/mol. The van der Waals surface area contributed by atoms with Crippen LogP contribution in [-0.2, 0) is 28.6 Å². The molecule has 4 unspecified atom stereocenters. The van der Waals surface area contributed by atoms with Crippen LogP contribution in [0.2, 0.25) is 0 Å². The lowest BCUT2D eigenvalue weighted by atomic mass is 9.85. The summed E-state index contributed by atoms with van der Waals surface area (Å²) >= 11 is 0. The zero-order chi connectivity index (χ0) is 18.3. The number of carbonyl (C=O) groups excluding carboxylic acids is 3. The van der Waals surface area contributed by atoms with Crippen LogP contribution in [0.15, 0.2) is 47.6 Å². The normalized spacial score (nSPS) is 31.4. The quantitative estimate of drug-likeness (QED) is 0.331. The van der Waals surface area contributed by atoms with E-state index in [4.69, 9.17) is 14.2 Å². The second-order valence-electron chi connectivity index (χ2n) is 6.70. The third kappa shape index (κ3) is 3.29. The van der Waals surface area contributed by atoms with Crippen LogP contribution in [0.3, 0.4) is 0 Å². The van der Waals surface area contributed by atoms with Crippen molar-refractivity contribution >= 4 is 17.9 Å². The van der Waals surface area contributed by atoms with Gasteiger partial charge in [0, 0.05) is 29.6 Å². The highest BCUT2D eigenvalue weighted by atomic mass is 16.6. The maximum absolute atomic E-state index is 12.1. The molecule has 0 spiro atoms. The Bertz CT molecular complexity index is 741. The van der Waals surface area contributed by atoms with Gasteiger partial charge < -0.3 is 14.2 Å². The van der Waals surface area contributed by atoms with Gasteiger partial charge in [0.15, 0.2) is 0 Å². The lowest BCUT2D eigenvalue weighted by Crippen LogP contribution is -2.34. The van der Waals surface area contributed by atoms with Crippen LogP contribution in [0.1, 0.15) is 26.7 Å². The number of rotatable bonds is 2. The molecule has 1 aliphatic carbocycles. The van der Waals surface area contributed by atoms with Gasteiger partial charge in [-0.1, -0.05) is 18.7 Å². The highest BCUT2D eigenvalue weighted by molar-refractivity contribution is 5.93. The molecule has 0 radical (unpaired) electrons. The summed E-state index contributed by atoms with van der Waals surface area (Å²) in [4.78, 5) is 36.2. The Morgan fingerprint density at radius 1 is 1.20 bits per heavy atom. The highest BCUT2D eigenvalue weighted by Crippen LogP contribution is 2.38. The molecule has 4 atom stereocenters. The number of fused-ring (bicyclic) bond motifs is 2. The van der Waals surface area contributed by atoms with Crippen LogP contribution in [0.4, 0.5) is 0 Å². The van der Waals surface area contributed by atoms with Gasteiger partial charge in [0.05, 0.1) is 5.92 Å². The SMILES string of the molecule is C=C(C)C(=O)OC1CC2=CC(CC(C)=CC3OC(=O)C(=C)C31)OC2=O. The van der Waals surface area contributed by atoms with E-state index in [1.807, 2.05) is 13.0 Å². The molecule has 0 aromatic rings. The van der Waals surface area contributed by atoms with Gasteiger partial charge in [0.25, 0.3) is 0 Å². The van der Waals surface area contributed by atoms with Gasteiger partial charge in [-0.2, -0.15) is 0 Å². The molecule has 1 fully saturated rings. The molecule has 0 aromatic heterocycles. The van der Waals surface area contributed by atoms with Gasteiger partial charge in [-0.25, -0.2) is 14.4 Å². The Morgan fingerprint density at radius 2 is 1.92 bits per heavy atom. The standard InChI is InChI=1S/C19H20O6/c1-9(2)17(20)24-15-8-12-7-13(23-19(12)22)5-10(3)6-14-16(15)11(4)18(21)25-14/h6-7,13-16H,1,4-5,8H2,2-3H3. The molecular weight excluding hydrogens is 324 g/mol. The molecule has 6 nitrogen and oxygen atoms in total. The van der Waals surface area contributed by atoms with Crippen molar-refractivity contribution in [2.75, 3.05) is 0 Å². The summed E-state index contributed by atoms with van der Waals surface area (Å²) in [5.41, 5.74) is 1.82. The Hall–Kier alpha value is -2.63. The zero-order valence-electron chi connectivity index (χ0n) is 14.2. The minimum atomic E-state index is -0.771. The van der Waals surface area contributed by atoms with Crippen LogP contribution in [0.25, 0.3) is 0 Å². The van der Waals surface area contributed by atoms with E-state index >= 15 is 0 Å². The summed E-state index contributed by atoms with van der Waals surface area (Å²) in [5.74, 6) is -2.09. The third-order valence-corrected chi connectivity index (χ3v) is 4.57. The van der Waals surface area contributed by atoms with Crippen molar-refractivity contribution in [3.63, 3.8) is 0 Å². The van der Waals surface area contributed by atoms with Gasteiger partial charge in [0.2, 0.25) is 0 Å². The number of ether oxygens (including phenoxy) is 3. The minimum Gasteiger partial charge on any atom is -0.458 e. The second kappa shape index (κ2) is 6.35. The summed E-state index contributed by atoms with van der Waals surface area (Å²) in [6.07, 6.45) is 2.52. The predicted molar refractivity (Wildman–Crippen MR) is 88.2 cm³/mol. The molecule has 25 heavy (non-hydrogen) atoms. The molecule has 2 heterocycles. The van der Waals surface area contributed by atoms with E-state index in [0.717, 1.165) is 5.57 Å². The fraction of sp³-hybridized carbons (Fsp3) is 0.421. The summed E-state index contributed by atoms with van der Waals surface area (Å²) in [6.45, 7) is 10.8. The molecule has 1 saturated heterocycles. The maximum Gasteiger partial charge on any atom is 0.334 e. The zero-order valence-corrected chi connectivity index (χ0v) is 14.2. The highest BCUT2D eigenvalue weighted by Gasteiger charge is 2.46. The Kier molecular flexibility index (Phi) is 4.37. The van der Waals surface area contributed by atoms with Gasteiger partial charge in [-0.3, -0.25) is 0 Å². The minimum absolute atomic E-state index is 0.137. The summed E-state index contributed by atoms with van der Waals surface area (Å²) in [5, 5.41) is 0. The van der Waals surface area contributed by atoms with E-state index in [1.165, 1.54) is 6.92 Å². The van der Waals surface area contributed by atoms with Crippen molar-refractivity contribution in [1.29, 1.82) is 0 Å². The Labute approximate surface area is 145 Å². The van der Waals surface area contributed by atoms with E-state index in [1.54, 1.807) is 6.08 Å². The first-order valence-corrected chi connectivity index (χ1v) is 8.11. The molecular formula is C19H20O6. The maximum atomic E-state index is 12.1. The molecule has 0 saturated carbocycles. The van der Waals surface area contributed by atoms with Crippen molar-refractivity contribution < 1.29 is 28.6 Å². The lowest BCUT2D eigenvalue weighted by Gasteiger charge is -2.26. The number of hydrogen-bond donors (Lipinski definition) is 0. The van der Waals surface area contributed by atoms with E-state index in [-0.39, 0.29) is 23.7 Å². The number of esters is 3. The fourth-order valence-electron chi connectivity index (χ4n) is 3.33. The number of hydrogen-bond acceptors (Lipinski definition) is 6. The molecule has 0 amide bonds. The average Bonchev–Trinajstić information content (AvgIpc) is 2.98. The van der Waals surface area contributed by atoms with Crippen LogP contribution in [0.5, 0.6) is 0 Å². The lowest BCUT2D eigenvalue weighted by molar-refractivity contribution is -0.148. The molecule has 3 aliphatic rings. The van der Waals surface area contributed by atoms with Gasteiger partial charge in [-0.15, -0.1) is 0 Å². The van der Waals surface area contributed by atoms with Crippen LogP contribution in [-0.4, -0.2) is 36.2 Å². The summed E-state index contributed by atoms with van der Waals surface area (Å²) in [7, 11) is 0. The van der Waals surface area contributed by atoms with Crippen molar-refractivity contribution in [3.05, 3.63) is 47.6 Å². The molecule has 2 bridgehead atoms. The third-order valence-electron chi connectivity index (χ3n) is 4.57.